The molecule has 58 valence electrons. The van der Waals surface area contributed by atoms with Crippen LogP contribution in [0.5, 0.6) is 0 Å². The van der Waals surface area contributed by atoms with E-state index < -0.39 is 0 Å². The van der Waals surface area contributed by atoms with Gasteiger partial charge in [0.25, 0.3) is 0 Å². The molecule has 0 aliphatic carbocycles. The van der Waals surface area contributed by atoms with Gasteiger partial charge in [0.1, 0.15) is 0 Å². The first-order valence-corrected chi connectivity index (χ1v) is 3.49. The summed E-state index contributed by atoms with van der Waals surface area (Å²) in [6.45, 7) is 4.04. The normalized spacial score (nSPS) is 6.55. The van der Waals surface area contributed by atoms with Crippen molar-refractivity contribution in [2.24, 2.45) is 0 Å². The molecule has 0 aromatic rings. The molecular formula is C7H16O2TiZr+6. The smallest absolute Gasteiger partial charge is 0.854 e. The number of hydrogen-bond acceptors (Lipinski definition) is 2. The summed E-state index contributed by atoms with van der Waals surface area (Å²) in [6.07, 6.45) is 2.63. The van der Waals surface area contributed by atoms with E-state index in [-0.39, 0.29) is 61.1 Å². The second-order valence-electron chi connectivity index (χ2n) is 1.76. The van der Waals surface area contributed by atoms with Gasteiger partial charge in [0.05, 0.1) is 0 Å². The zero-order chi connectivity index (χ0) is 7.54. The third-order valence-electron chi connectivity index (χ3n) is 0.702. The molecule has 0 aromatic heterocycles. The van der Waals surface area contributed by atoms with Crippen molar-refractivity contribution in [3.63, 3.8) is 0 Å². The SMILES string of the molecule is CCCC[O-].CCC[O-].[Ti+4].[Zr+4]. The fourth-order valence-corrected chi connectivity index (χ4v) is 0.144. The van der Waals surface area contributed by atoms with Crippen molar-refractivity contribution in [3.8, 4) is 0 Å². The van der Waals surface area contributed by atoms with Gasteiger partial charge in [-0.1, -0.05) is 33.1 Å². The molecule has 0 N–H and O–H groups in total. The predicted molar refractivity (Wildman–Crippen MR) is 34.9 cm³/mol. The van der Waals surface area contributed by atoms with E-state index in [1.807, 2.05) is 13.8 Å². The molecule has 11 heavy (non-hydrogen) atoms. The second kappa shape index (κ2) is 30.0. The summed E-state index contributed by atoms with van der Waals surface area (Å²) in [5.74, 6) is 0. The summed E-state index contributed by atoms with van der Waals surface area (Å²) in [5, 5.41) is 18.8. The van der Waals surface area contributed by atoms with E-state index in [2.05, 4.69) is 0 Å². The fraction of sp³-hybridized carbons (Fsp3) is 1.00. The van der Waals surface area contributed by atoms with E-state index in [0.717, 1.165) is 19.3 Å². The summed E-state index contributed by atoms with van der Waals surface area (Å²) in [5.41, 5.74) is 0. The summed E-state index contributed by atoms with van der Waals surface area (Å²) in [4.78, 5) is 0. The molecule has 0 unspecified atom stereocenters. The van der Waals surface area contributed by atoms with Crippen molar-refractivity contribution in [2.45, 2.75) is 33.1 Å². The Bertz CT molecular complexity index is 35.6. The molecule has 0 bridgehead atoms. The van der Waals surface area contributed by atoms with Crippen molar-refractivity contribution in [1.82, 2.24) is 0 Å². The Hall–Kier alpha value is 1.52. The zero-order valence-electron chi connectivity index (χ0n) is 7.35. The maximum atomic E-state index is 9.53. The van der Waals surface area contributed by atoms with Gasteiger partial charge >= 0.3 is 47.9 Å². The minimum Gasteiger partial charge on any atom is -0.854 e. The molecule has 0 saturated carbocycles. The molecule has 0 amide bonds. The minimum atomic E-state index is 0. The molecule has 0 heterocycles. The first kappa shape index (κ1) is 22.9. The summed E-state index contributed by atoms with van der Waals surface area (Å²) in [7, 11) is 0. The molecule has 0 fully saturated rings. The average molecular weight is 271 g/mol. The molecule has 0 aliphatic heterocycles. The van der Waals surface area contributed by atoms with Crippen LogP contribution >= 0.6 is 0 Å². The molecule has 4 heteroatoms. The third kappa shape index (κ3) is 51.1. The topological polar surface area (TPSA) is 46.1 Å². The van der Waals surface area contributed by atoms with Gasteiger partial charge in [-0.2, -0.15) is 0 Å². The Morgan fingerprint density at radius 2 is 1.27 bits per heavy atom. The largest absolute Gasteiger partial charge is 4.00 e. The van der Waals surface area contributed by atoms with Gasteiger partial charge in [0.15, 0.2) is 0 Å². The van der Waals surface area contributed by atoms with Crippen LogP contribution in [0.1, 0.15) is 33.1 Å². The van der Waals surface area contributed by atoms with Crippen LogP contribution in [0.4, 0.5) is 0 Å². The van der Waals surface area contributed by atoms with E-state index in [1.165, 1.54) is 0 Å². The van der Waals surface area contributed by atoms with E-state index >= 15 is 0 Å². The summed E-state index contributed by atoms with van der Waals surface area (Å²) < 4.78 is 0. The van der Waals surface area contributed by atoms with Gasteiger partial charge in [-0.3, -0.25) is 0 Å². The van der Waals surface area contributed by atoms with E-state index in [4.69, 9.17) is 0 Å². The van der Waals surface area contributed by atoms with Crippen molar-refractivity contribution in [3.05, 3.63) is 0 Å². The van der Waals surface area contributed by atoms with Crippen LogP contribution in [0.3, 0.4) is 0 Å². The van der Waals surface area contributed by atoms with Crippen LogP contribution in [0, 0.1) is 0 Å². The van der Waals surface area contributed by atoms with Crippen molar-refractivity contribution in [2.75, 3.05) is 13.2 Å². The standard InChI is InChI=1S/C4H9O.C3H7O.Ti.Zr/c1-2-3-4-5;1-2-3-4;;/h2-4H2,1H3;2-3H2,1H3;;/q2*-1;2*+4. The van der Waals surface area contributed by atoms with Gasteiger partial charge in [0, 0.05) is 0 Å². The molecule has 0 atom stereocenters. The Morgan fingerprint density at radius 3 is 1.27 bits per heavy atom. The Kier molecular flexibility index (Phi) is 62.4. The van der Waals surface area contributed by atoms with Gasteiger partial charge in [-0.05, 0) is 0 Å². The number of hydrogen-bond donors (Lipinski definition) is 0. The Labute approximate surface area is 104 Å². The van der Waals surface area contributed by atoms with E-state index in [9.17, 15) is 10.2 Å². The van der Waals surface area contributed by atoms with Crippen molar-refractivity contribution < 1.29 is 58.1 Å². The molecule has 0 aliphatic rings. The van der Waals surface area contributed by atoms with E-state index in [1.54, 1.807) is 0 Å². The molecule has 0 radical (unpaired) electrons. The van der Waals surface area contributed by atoms with Crippen LogP contribution in [-0.4, -0.2) is 13.2 Å². The summed E-state index contributed by atoms with van der Waals surface area (Å²) >= 11 is 0. The zero-order valence-corrected chi connectivity index (χ0v) is 11.4. The van der Waals surface area contributed by atoms with Gasteiger partial charge in [-0.25, -0.2) is 0 Å². The van der Waals surface area contributed by atoms with Gasteiger partial charge in [-0.15, -0.1) is 13.2 Å². The molecule has 0 aromatic carbocycles. The molecule has 0 rings (SSSR count). The molecule has 0 saturated heterocycles. The molecular weight excluding hydrogens is 255 g/mol. The van der Waals surface area contributed by atoms with Crippen LogP contribution in [0.15, 0.2) is 0 Å². The fourth-order valence-electron chi connectivity index (χ4n) is 0.144. The second-order valence-corrected chi connectivity index (χ2v) is 1.76. The molecule has 2 nitrogen and oxygen atoms in total. The maximum Gasteiger partial charge on any atom is 4.00 e. The van der Waals surface area contributed by atoms with Crippen molar-refractivity contribution in [1.29, 1.82) is 0 Å². The first-order chi connectivity index (χ1) is 4.33. The van der Waals surface area contributed by atoms with Crippen LogP contribution in [0.2, 0.25) is 0 Å². The first-order valence-electron chi connectivity index (χ1n) is 3.49. The van der Waals surface area contributed by atoms with Crippen LogP contribution < -0.4 is 10.2 Å². The number of rotatable bonds is 3. The van der Waals surface area contributed by atoms with Gasteiger partial charge in [0.2, 0.25) is 0 Å². The van der Waals surface area contributed by atoms with Crippen LogP contribution in [0.25, 0.3) is 0 Å². The molecule has 0 spiro atoms. The van der Waals surface area contributed by atoms with Crippen LogP contribution in [-0.2, 0) is 47.9 Å². The average Bonchev–Trinajstić information content (AvgIpc) is 1.91. The minimum absolute atomic E-state index is 0. The summed E-state index contributed by atoms with van der Waals surface area (Å²) in [6, 6.07) is 0. The number of unbranched alkanes of at least 4 members (excludes halogenated alkanes) is 1. The van der Waals surface area contributed by atoms with Gasteiger partial charge < -0.3 is 10.2 Å². The maximum absolute atomic E-state index is 9.53. The quantitative estimate of drug-likeness (QED) is 0.673. The van der Waals surface area contributed by atoms with Crippen molar-refractivity contribution >= 4 is 0 Å². The monoisotopic (exact) mass is 270 g/mol. The predicted octanol–water partition coefficient (Wildman–Crippen LogP) is -0.102. The third-order valence-corrected chi connectivity index (χ3v) is 0.702. The van der Waals surface area contributed by atoms with E-state index in [0.29, 0.717) is 0 Å². The Morgan fingerprint density at radius 1 is 0.909 bits per heavy atom. The Balaban J connectivity index is -0.0000000383.